The topological polar surface area (TPSA) is 73.1 Å². The van der Waals surface area contributed by atoms with Gasteiger partial charge in [0.2, 0.25) is 0 Å². The number of carboxylic acid groups (broad SMARTS) is 1. The molecule has 0 heterocycles. The van der Waals surface area contributed by atoms with Gasteiger partial charge in [-0.15, -0.1) is 0 Å². The normalized spacial score (nSPS) is 17.1. The van der Waals surface area contributed by atoms with Gasteiger partial charge in [0.05, 0.1) is 11.6 Å². The van der Waals surface area contributed by atoms with Gasteiger partial charge < -0.3 is 10.4 Å². The number of aryl methyl sites for hydroxylation is 1. The second kappa shape index (κ2) is 4.69. The fourth-order valence-electron chi connectivity index (χ4n) is 2.50. The van der Waals surface area contributed by atoms with Crippen molar-refractivity contribution >= 4 is 11.7 Å². The van der Waals surface area contributed by atoms with Gasteiger partial charge in [-0.1, -0.05) is 12.8 Å². The highest BCUT2D eigenvalue weighted by Gasteiger charge is 2.41. The second-order valence-electron chi connectivity index (χ2n) is 4.86. The third kappa shape index (κ3) is 2.17. The summed E-state index contributed by atoms with van der Waals surface area (Å²) in [6.45, 7) is 1.88. The van der Waals surface area contributed by atoms with Crippen LogP contribution in [0.25, 0.3) is 0 Å². The molecule has 18 heavy (non-hydrogen) atoms. The maximum atomic E-state index is 11.4. The third-order valence-electron chi connectivity index (χ3n) is 3.60. The van der Waals surface area contributed by atoms with Gasteiger partial charge in [0, 0.05) is 5.69 Å². The van der Waals surface area contributed by atoms with Crippen molar-refractivity contribution < 1.29 is 9.90 Å². The first-order valence-electron chi connectivity index (χ1n) is 6.10. The van der Waals surface area contributed by atoms with Crippen molar-refractivity contribution in [2.45, 2.75) is 38.1 Å². The Morgan fingerprint density at radius 2 is 2.11 bits per heavy atom. The quantitative estimate of drug-likeness (QED) is 0.857. The molecule has 0 radical (unpaired) electrons. The highest BCUT2D eigenvalue weighted by Crippen LogP contribution is 2.34. The van der Waals surface area contributed by atoms with Crippen molar-refractivity contribution in [1.29, 1.82) is 5.26 Å². The van der Waals surface area contributed by atoms with E-state index in [1.807, 2.05) is 6.92 Å². The van der Waals surface area contributed by atoms with Crippen molar-refractivity contribution in [2.75, 3.05) is 5.32 Å². The number of nitriles is 1. The number of rotatable bonds is 3. The number of aliphatic carboxylic acids is 1. The number of benzene rings is 1. The number of hydrogen-bond acceptors (Lipinski definition) is 3. The standard InChI is InChI=1S/C14H16N2O2/c1-10-8-11(9-15)4-5-12(10)16-14(13(17)18)6-2-3-7-14/h4-5,8,16H,2-3,6-7H2,1H3,(H,17,18). The highest BCUT2D eigenvalue weighted by atomic mass is 16.4. The predicted molar refractivity (Wildman–Crippen MR) is 68.4 cm³/mol. The average molecular weight is 244 g/mol. The van der Waals surface area contributed by atoms with Gasteiger partial charge in [0.15, 0.2) is 0 Å². The van der Waals surface area contributed by atoms with Crippen LogP contribution in [0.2, 0.25) is 0 Å². The Morgan fingerprint density at radius 1 is 1.44 bits per heavy atom. The van der Waals surface area contributed by atoms with E-state index in [2.05, 4.69) is 11.4 Å². The Labute approximate surface area is 106 Å². The minimum Gasteiger partial charge on any atom is -0.480 e. The van der Waals surface area contributed by atoms with Crippen LogP contribution in [0, 0.1) is 18.3 Å². The van der Waals surface area contributed by atoms with Crippen LogP contribution in [-0.4, -0.2) is 16.6 Å². The van der Waals surface area contributed by atoms with Gasteiger partial charge in [-0.05, 0) is 43.5 Å². The summed E-state index contributed by atoms with van der Waals surface area (Å²) in [4.78, 5) is 11.4. The molecule has 0 spiro atoms. The lowest BCUT2D eigenvalue weighted by Crippen LogP contribution is -2.43. The summed E-state index contributed by atoms with van der Waals surface area (Å²) in [6.07, 6.45) is 3.19. The Bertz CT molecular complexity index is 511. The molecule has 1 aromatic rings. The van der Waals surface area contributed by atoms with Crippen LogP contribution in [0.15, 0.2) is 18.2 Å². The van der Waals surface area contributed by atoms with E-state index in [1.165, 1.54) is 0 Å². The minimum absolute atomic E-state index is 0.592. The van der Waals surface area contributed by atoms with Crippen molar-refractivity contribution in [3.8, 4) is 6.07 Å². The number of carbonyl (C=O) groups is 1. The van der Waals surface area contributed by atoms with Gasteiger partial charge in [-0.25, -0.2) is 4.79 Å². The van der Waals surface area contributed by atoms with E-state index in [0.717, 1.165) is 24.1 Å². The van der Waals surface area contributed by atoms with Crippen molar-refractivity contribution in [1.82, 2.24) is 0 Å². The van der Waals surface area contributed by atoms with Crippen LogP contribution in [0.5, 0.6) is 0 Å². The first-order chi connectivity index (χ1) is 8.57. The molecule has 1 aliphatic rings. The lowest BCUT2D eigenvalue weighted by molar-refractivity contribution is -0.142. The van der Waals surface area contributed by atoms with E-state index >= 15 is 0 Å². The van der Waals surface area contributed by atoms with Crippen molar-refractivity contribution in [2.24, 2.45) is 0 Å². The van der Waals surface area contributed by atoms with E-state index in [0.29, 0.717) is 18.4 Å². The van der Waals surface area contributed by atoms with Crippen LogP contribution < -0.4 is 5.32 Å². The Morgan fingerprint density at radius 3 is 2.61 bits per heavy atom. The van der Waals surface area contributed by atoms with Gasteiger partial charge >= 0.3 is 5.97 Å². The maximum absolute atomic E-state index is 11.4. The van der Waals surface area contributed by atoms with E-state index in [1.54, 1.807) is 18.2 Å². The first-order valence-corrected chi connectivity index (χ1v) is 6.10. The summed E-state index contributed by atoms with van der Waals surface area (Å²) in [5, 5.41) is 21.4. The molecule has 0 saturated heterocycles. The number of anilines is 1. The van der Waals surface area contributed by atoms with Gasteiger partial charge in [-0.2, -0.15) is 5.26 Å². The molecule has 4 nitrogen and oxygen atoms in total. The molecule has 94 valence electrons. The molecule has 1 aromatic carbocycles. The van der Waals surface area contributed by atoms with Crippen molar-refractivity contribution in [3.05, 3.63) is 29.3 Å². The molecule has 0 unspecified atom stereocenters. The summed E-state index contributed by atoms with van der Waals surface area (Å²) in [5.41, 5.74) is 1.47. The fraction of sp³-hybridized carbons (Fsp3) is 0.429. The average Bonchev–Trinajstić information content (AvgIpc) is 2.81. The molecule has 0 amide bonds. The van der Waals surface area contributed by atoms with Crippen LogP contribution in [0.3, 0.4) is 0 Å². The zero-order valence-corrected chi connectivity index (χ0v) is 10.4. The third-order valence-corrected chi connectivity index (χ3v) is 3.60. The Hall–Kier alpha value is -2.02. The summed E-state index contributed by atoms with van der Waals surface area (Å²) in [6, 6.07) is 7.34. The van der Waals surface area contributed by atoms with Gasteiger partial charge in [0.1, 0.15) is 5.54 Å². The number of nitrogens with zero attached hydrogens (tertiary/aromatic N) is 1. The number of nitrogens with one attached hydrogen (secondary N) is 1. The largest absolute Gasteiger partial charge is 0.480 e. The number of hydrogen-bond donors (Lipinski definition) is 2. The molecular weight excluding hydrogens is 228 g/mol. The van der Waals surface area contributed by atoms with Crippen molar-refractivity contribution in [3.63, 3.8) is 0 Å². The van der Waals surface area contributed by atoms with Crippen LogP contribution >= 0.6 is 0 Å². The SMILES string of the molecule is Cc1cc(C#N)ccc1NC1(C(=O)O)CCCC1. The lowest BCUT2D eigenvalue weighted by atomic mass is 9.96. The molecule has 1 aliphatic carbocycles. The maximum Gasteiger partial charge on any atom is 0.329 e. The van der Waals surface area contributed by atoms with E-state index < -0.39 is 11.5 Å². The van der Waals surface area contributed by atoms with Crippen LogP contribution in [-0.2, 0) is 4.79 Å². The lowest BCUT2D eigenvalue weighted by Gasteiger charge is -2.27. The monoisotopic (exact) mass is 244 g/mol. The summed E-state index contributed by atoms with van der Waals surface area (Å²) < 4.78 is 0. The molecule has 2 rings (SSSR count). The van der Waals surface area contributed by atoms with Gasteiger partial charge in [0.25, 0.3) is 0 Å². The Kier molecular flexibility index (Phi) is 3.24. The molecule has 1 fully saturated rings. The first kappa shape index (κ1) is 12.4. The van der Waals surface area contributed by atoms with E-state index in [9.17, 15) is 9.90 Å². The molecule has 4 heteroatoms. The van der Waals surface area contributed by atoms with Crippen LogP contribution in [0.1, 0.15) is 36.8 Å². The fourth-order valence-corrected chi connectivity index (χ4v) is 2.50. The summed E-state index contributed by atoms with van der Waals surface area (Å²) >= 11 is 0. The molecular formula is C14H16N2O2. The smallest absolute Gasteiger partial charge is 0.329 e. The zero-order chi connectivity index (χ0) is 13.2. The number of carboxylic acids is 1. The summed E-state index contributed by atoms with van der Waals surface area (Å²) in [5.74, 6) is -0.788. The van der Waals surface area contributed by atoms with Crippen LogP contribution in [0.4, 0.5) is 5.69 Å². The predicted octanol–water partition coefficient (Wildman–Crippen LogP) is 2.68. The highest BCUT2D eigenvalue weighted by molar-refractivity contribution is 5.83. The molecule has 0 atom stereocenters. The van der Waals surface area contributed by atoms with E-state index in [4.69, 9.17) is 5.26 Å². The molecule has 0 bridgehead atoms. The summed E-state index contributed by atoms with van der Waals surface area (Å²) in [7, 11) is 0. The Balaban J connectivity index is 2.28. The molecule has 0 aliphatic heterocycles. The molecule has 0 aromatic heterocycles. The molecule has 2 N–H and O–H groups in total. The van der Waals surface area contributed by atoms with E-state index in [-0.39, 0.29) is 0 Å². The van der Waals surface area contributed by atoms with Gasteiger partial charge in [-0.3, -0.25) is 0 Å². The minimum atomic E-state index is -0.834. The second-order valence-corrected chi connectivity index (χ2v) is 4.86. The molecule has 1 saturated carbocycles. The zero-order valence-electron chi connectivity index (χ0n) is 10.4.